The van der Waals surface area contributed by atoms with Crippen LogP contribution in [0.2, 0.25) is 0 Å². The van der Waals surface area contributed by atoms with Crippen molar-refractivity contribution in [2.24, 2.45) is 5.92 Å². The molecule has 0 radical (unpaired) electrons. The van der Waals surface area contributed by atoms with E-state index in [-0.39, 0.29) is 6.04 Å². The maximum absolute atomic E-state index is 5.99. The Balaban J connectivity index is 1.12. The fourth-order valence-corrected chi connectivity index (χ4v) is 5.21. The highest BCUT2D eigenvalue weighted by atomic mass is 16.6. The summed E-state index contributed by atoms with van der Waals surface area (Å²) in [5, 5.41) is 0. The number of aromatic nitrogens is 1. The van der Waals surface area contributed by atoms with Crippen LogP contribution in [0.1, 0.15) is 56.4 Å². The van der Waals surface area contributed by atoms with Crippen LogP contribution >= 0.6 is 0 Å². The third-order valence-corrected chi connectivity index (χ3v) is 7.36. The van der Waals surface area contributed by atoms with Crippen LogP contribution in [0.25, 0.3) is 0 Å². The maximum atomic E-state index is 5.99. The molecule has 2 aliphatic heterocycles. The second-order valence-electron chi connectivity index (χ2n) is 10.1. The Morgan fingerprint density at radius 3 is 2.58 bits per heavy atom. The van der Waals surface area contributed by atoms with Crippen LogP contribution in [0.15, 0.2) is 95.3 Å². The van der Waals surface area contributed by atoms with E-state index in [2.05, 4.69) is 70.3 Å². The molecule has 2 unspecified atom stereocenters. The molecule has 3 aliphatic rings. The number of hydrogen-bond donors (Lipinski definition) is 0. The first-order chi connectivity index (χ1) is 17.7. The summed E-state index contributed by atoms with van der Waals surface area (Å²) in [6.45, 7) is 6.00. The number of aryl methyl sites for hydroxylation is 1. The molecule has 5 rings (SSSR count). The highest BCUT2D eigenvalue weighted by molar-refractivity contribution is 5.22. The van der Waals surface area contributed by atoms with Gasteiger partial charge < -0.3 is 18.8 Å². The number of benzene rings is 1. The average Bonchev–Trinajstić information content (AvgIpc) is 3.47. The van der Waals surface area contributed by atoms with Crippen molar-refractivity contribution in [1.82, 2.24) is 14.8 Å². The Labute approximate surface area is 214 Å². The van der Waals surface area contributed by atoms with Crippen molar-refractivity contribution in [3.05, 3.63) is 102 Å². The van der Waals surface area contributed by atoms with Crippen molar-refractivity contribution >= 4 is 0 Å². The zero-order chi connectivity index (χ0) is 24.6. The van der Waals surface area contributed by atoms with E-state index in [1.165, 1.54) is 11.1 Å². The summed E-state index contributed by atoms with van der Waals surface area (Å²) in [4.78, 5) is 9.01. The molecule has 0 bridgehead atoms. The normalized spacial score (nSPS) is 20.0. The molecule has 1 aromatic carbocycles. The first-order valence-corrected chi connectivity index (χ1v) is 13.2. The molecule has 6 nitrogen and oxygen atoms in total. The largest absolute Gasteiger partial charge is 0.460 e. The van der Waals surface area contributed by atoms with E-state index in [1.807, 2.05) is 6.20 Å². The minimum absolute atomic E-state index is 0.238. The SMILES string of the molecule is CC(CCc1ccccc1)CC(c1cnco1)N1CCN(C2=COC(CC3=CC=CCC3)=CO2)CC1. The molecular formula is C30H37N3O3. The topological polar surface area (TPSA) is 51.0 Å². The van der Waals surface area contributed by atoms with Gasteiger partial charge in [-0.15, -0.1) is 0 Å². The van der Waals surface area contributed by atoms with Crippen LogP contribution in [0.5, 0.6) is 0 Å². The van der Waals surface area contributed by atoms with Gasteiger partial charge in [-0.25, -0.2) is 4.98 Å². The molecule has 0 saturated carbocycles. The Morgan fingerprint density at radius 1 is 1.03 bits per heavy atom. The number of ether oxygens (including phenoxy) is 2. The van der Waals surface area contributed by atoms with E-state index in [4.69, 9.17) is 13.9 Å². The molecule has 190 valence electrons. The van der Waals surface area contributed by atoms with Crippen molar-refractivity contribution < 1.29 is 13.9 Å². The van der Waals surface area contributed by atoms with Gasteiger partial charge in [0.1, 0.15) is 17.8 Å². The van der Waals surface area contributed by atoms with Crippen molar-refractivity contribution in [3.8, 4) is 0 Å². The Kier molecular flexibility index (Phi) is 8.24. The first kappa shape index (κ1) is 24.4. The lowest BCUT2D eigenvalue weighted by Crippen LogP contribution is -2.47. The fourth-order valence-electron chi connectivity index (χ4n) is 5.21. The predicted molar refractivity (Wildman–Crippen MR) is 140 cm³/mol. The molecule has 1 fully saturated rings. The molecule has 36 heavy (non-hydrogen) atoms. The van der Waals surface area contributed by atoms with Gasteiger partial charge in [-0.05, 0) is 43.6 Å². The van der Waals surface area contributed by atoms with Gasteiger partial charge in [0.2, 0.25) is 5.88 Å². The molecular weight excluding hydrogens is 450 g/mol. The predicted octanol–water partition coefficient (Wildman–Crippen LogP) is 6.35. The quantitative estimate of drug-likeness (QED) is 0.389. The lowest BCUT2D eigenvalue weighted by atomic mass is 9.93. The van der Waals surface area contributed by atoms with Gasteiger partial charge in [-0.1, -0.05) is 61.1 Å². The zero-order valence-electron chi connectivity index (χ0n) is 21.2. The third kappa shape index (κ3) is 6.49. The van der Waals surface area contributed by atoms with Gasteiger partial charge in [-0.2, -0.15) is 0 Å². The van der Waals surface area contributed by atoms with Crippen molar-refractivity contribution in [2.45, 2.75) is 51.5 Å². The van der Waals surface area contributed by atoms with E-state index >= 15 is 0 Å². The van der Waals surface area contributed by atoms with Crippen LogP contribution < -0.4 is 0 Å². The number of hydrogen-bond acceptors (Lipinski definition) is 6. The number of piperazine rings is 1. The van der Waals surface area contributed by atoms with Crippen LogP contribution in [0.3, 0.4) is 0 Å². The van der Waals surface area contributed by atoms with Crippen LogP contribution in [0.4, 0.5) is 0 Å². The monoisotopic (exact) mass is 487 g/mol. The molecule has 2 atom stereocenters. The van der Waals surface area contributed by atoms with Gasteiger partial charge in [0.25, 0.3) is 0 Å². The number of rotatable bonds is 10. The van der Waals surface area contributed by atoms with Gasteiger partial charge in [0, 0.05) is 32.6 Å². The molecule has 3 heterocycles. The summed E-state index contributed by atoms with van der Waals surface area (Å²) in [7, 11) is 0. The Hall–Kier alpha value is -3.25. The smallest absolute Gasteiger partial charge is 0.231 e. The minimum atomic E-state index is 0.238. The average molecular weight is 488 g/mol. The summed E-state index contributed by atoms with van der Waals surface area (Å²) in [5.41, 5.74) is 2.79. The minimum Gasteiger partial charge on any atom is -0.460 e. The Bertz CT molecular complexity index is 1080. The molecule has 1 aliphatic carbocycles. The second kappa shape index (κ2) is 12.1. The number of allylic oxidation sites excluding steroid dienone is 4. The summed E-state index contributed by atoms with van der Waals surface area (Å²) in [6.07, 6.45) is 19.8. The summed E-state index contributed by atoms with van der Waals surface area (Å²) in [5.74, 6) is 3.21. The summed E-state index contributed by atoms with van der Waals surface area (Å²) >= 11 is 0. The van der Waals surface area contributed by atoms with Gasteiger partial charge in [0.15, 0.2) is 12.7 Å². The fraction of sp³-hybridized carbons (Fsp3) is 0.433. The standard InChI is InChI=1S/C30H37N3O3/c1-24(12-13-25-8-4-2-5-9-25)18-28(29-20-31-23-36-29)32-14-16-33(17-15-32)30-22-34-27(21-35-30)19-26-10-6-3-7-11-26/h2-6,8-10,20-24,28H,7,11-19H2,1H3. The number of oxazole rings is 1. The molecule has 0 N–H and O–H groups in total. The second-order valence-corrected chi connectivity index (χ2v) is 10.1. The van der Waals surface area contributed by atoms with E-state index in [0.717, 1.165) is 82.1 Å². The summed E-state index contributed by atoms with van der Waals surface area (Å²) in [6, 6.07) is 11.0. The van der Waals surface area contributed by atoms with Crippen molar-refractivity contribution in [1.29, 1.82) is 0 Å². The van der Waals surface area contributed by atoms with Crippen LogP contribution in [-0.2, 0) is 15.9 Å². The molecule has 0 spiro atoms. The molecule has 1 saturated heterocycles. The van der Waals surface area contributed by atoms with E-state index in [9.17, 15) is 0 Å². The highest BCUT2D eigenvalue weighted by Gasteiger charge is 2.30. The van der Waals surface area contributed by atoms with E-state index in [0.29, 0.717) is 5.92 Å². The maximum Gasteiger partial charge on any atom is 0.231 e. The van der Waals surface area contributed by atoms with Crippen LogP contribution in [-0.4, -0.2) is 41.0 Å². The lowest BCUT2D eigenvalue weighted by Gasteiger charge is -2.40. The lowest BCUT2D eigenvalue weighted by molar-refractivity contribution is 0.0517. The van der Waals surface area contributed by atoms with Gasteiger partial charge in [-0.3, -0.25) is 4.90 Å². The molecule has 0 amide bonds. The van der Waals surface area contributed by atoms with Gasteiger partial charge in [0.05, 0.1) is 12.2 Å². The van der Waals surface area contributed by atoms with Crippen molar-refractivity contribution in [2.75, 3.05) is 26.2 Å². The van der Waals surface area contributed by atoms with E-state index in [1.54, 1.807) is 18.9 Å². The number of nitrogens with zero attached hydrogens (tertiary/aromatic N) is 3. The zero-order valence-corrected chi connectivity index (χ0v) is 21.2. The van der Waals surface area contributed by atoms with Crippen molar-refractivity contribution in [3.63, 3.8) is 0 Å². The van der Waals surface area contributed by atoms with Crippen LogP contribution in [0, 0.1) is 5.92 Å². The molecule has 6 heteroatoms. The molecule has 1 aromatic heterocycles. The van der Waals surface area contributed by atoms with Gasteiger partial charge >= 0.3 is 0 Å². The Morgan fingerprint density at radius 2 is 1.89 bits per heavy atom. The highest BCUT2D eigenvalue weighted by Crippen LogP contribution is 2.32. The first-order valence-electron chi connectivity index (χ1n) is 13.2. The summed E-state index contributed by atoms with van der Waals surface area (Å²) < 4.78 is 17.7. The third-order valence-electron chi connectivity index (χ3n) is 7.36. The molecule has 2 aromatic rings. The van der Waals surface area contributed by atoms with E-state index < -0.39 is 0 Å².